The quantitative estimate of drug-likeness (QED) is 0.770. The lowest BCUT2D eigenvalue weighted by Gasteiger charge is -2.02. The molecule has 2 aromatic rings. The molecule has 0 fully saturated rings. The van der Waals surface area contributed by atoms with E-state index in [0.29, 0.717) is 6.61 Å². The Bertz CT molecular complexity index is 512. The van der Waals surface area contributed by atoms with Crippen molar-refractivity contribution >= 4 is 17.7 Å². The van der Waals surface area contributed by atoms with Crippen molar-refractivity contribution in [1.29, 1.82) is 0 Å². The molecule has 0 aliphatic carbocycles. The SMILES string of the molecule is Cc1ccc(OCC=Cc2ccc(Cl)cc2)cc1. The fraction of sp³-hybridized carbons (Fsp3) is 0.125. The molecule has 18 heavy (non-hydrogen) atoms. The van der Waals surface area contributed by atoms with Gasteiger partial charge in [-0.2, -0.15) is 0 Å². The summed E-state index contributed by atoms with van der Waals surface area (Å²) in [6.45, 7) is 2.62. The normalized spacial score (nSPS) is 10.8. The third kappa shape index (κ3) is 3.94. The number of rotatable bonds is 4. The first-order chi connectivity index (χ1) is 8.74. The van der Waals surface area contributed by atoms with Crippen molar-refractivity contribution in [3.8, 4) is 5.75 Å². The molecule has 0 aromatic heterocycles. The molecule has 0 heterocycles. The van der Waals surface area contributed by atoms with Crippen LogP contribution < -0.4 is 4.74 Å². The van der Waals surface area contributed by atoms with E-state index in [2.05, 4.69) is 6.92 Å². The summed E-state index contributed by atoms with van der Waals surface area (Å²) in [5.41, 5.74) is 2.35. The zero-order valence-corrected chi connectivity index (χ0v) is 11.0. The van der Waals surface area contributed by atoms with Crippen LogP contribution in [0.3, 0.4) is 0 Å². The summed E-state index contributed by atoms with van der Waals surface area (Å²) in [5, 5.41) is 0.753. The van der Waals surface area contributed by atoms with Crippen LogP contribution in [0.15, 0.2) is 54.6 Å². The second-order valence-electron chi connectivity index (χ2n) is 4.08. The van der Waals surface area contributed by atoms with Crippen molar-refractivity contribution in [1.82, 2.24) is 0 Å². The molecule has 0 aliphatic heterocycles. The highest BCUT2D eigenvalue weighted by Gasteiger charge is 1.91. The zero-order chi connectivity index (χ0) is 12.8. The Morgan fingerprint density at radius 2 is 1.67 bits per heavy atom. The highest BCUT2D eigenvalue weighted by atomic mass is 35.5. The van der Waals surface area contributed by atoms with Crippen LogP contribution >= 0.6 is 11.6 Å². The minimum Gasteiger partial charge on any atom is -0.490 e. The van der Waals surface area contributed by atoms with Crippen molar-refractivity contribution in [2.45, 2.75) is 6.92 Å². The van der Waals surface area contributed by atoms with Gasteiger partial charge in [0.2, 0.25) is 0 Å². The number of hydrogen-bond acceptors (Lipinski definition) is 1. The molecule has 0 radical (unpaired) electrons. The van der Waals surface area contributed by atoms with Crippen LogP contribution in [0.4, 0.5) is 0 Å². The molecule has 0 bridgehead atoms. The van der Waals surface area contributed by atoms with Gasteiger partial charge in [0.1, 0.15) is 12.4 Å². The Kier molecular flexibility index (Phi) is 4.43. The largest absolute Gasteiger partial charge is 0.490 e. The van der Waals surface area contributed by atoms with Crippen LogP contribution in [0.5, 0.6) is 5.75 Å². The van der Waals surface area contributed by atoms with Gasteiger partial charge in [-0.15, -0.1) is 0 Å². The molecule has 0 N–H and O–H groups in total. The molecule has 0 atom stereocenters. The van der Waals surface area contributed by atoms with Gasteiger partial charge in [-0.05, 0) is 42.8 Å². The molecule has 2 rings (SSSR count). The number of hydrogen-bond donors (Lipinski definition) is 0. The molecule has 0 aliphatic rings. The third-order valence-corrected chi connectivity index (χ3v) is 2.80. The van der Waals surface area contributed by atoms with E-state index < -0.39 is 0 Å². The Morgan fingerprint density at radius 3 is 2.33 bits per heavy atom. The minimum atomic E-state index is 0.561. The van der Waals surface area contributed by atoms with E-state index in [1.807, 2.05) is 60.7 Å². The van der Waals surface area contributed by atoms with Gasteiger partial charge in [0.25, 0.3) is 0 Å². The van der Waals surface area contributed by atoms with Crippen molar-refractivity contribution in [2.24, 2.45) is 0 Å². The molecule has 1 nitrogen and oxygen atoms in total. The van der Waals surface area contributed by atoms with E-state index in [0.717, 1.165) is 16.3 Å². The number of aryl methyl sites for hydroxylation is 1. The van der Waals surface area contributed by atoms with E-state index in [1.165, 1.54) is 5.56 Å². The first kappa shape index (κ1) is 12.7. The second kappa shape index (κ2) is 6.27. The summed E-state index contributed by atoms with van der Waals surface area (Å²) in [6.07, 6.45) is 4.01. The maximum Gasteiger partial charge on any atom is 0.119 e. The predicted molar refractivity (Wildman–Crippen MR) is 77.2 cm³/mol. The van der Waals surface area contributed by atoms with Crippen LogP contribution in [0.25, 0.3) is 6.08 Å². The van der Waals surface area contributed by atoms with Gasteiger partial charge >= 0.3 is 0 Å². The average molecular weight is 259 g/mol. The fourth-order valence-corrected chi connectivity index (χ4v) is 1.66. The summed E-state index contributed by atoms with van der Waals surface area (Å²) in [5.74, 6) is 0.890. The number of halogens is 1. The van der Waals surface area contributed by atoms with Crippen LogP contribution in [-0.2, 0) is 0 Å². The molecule has 2 heteroatoms. The molecule has 0 saturated heterocycles. The van der Waals surface area contributed by atoms with E-state index in [9.17, 15) is 0 Å². The van der Waals surface area contributed by atoms with Crippen molar-refractivity contribution in [3.63, 3.8) is 0 Å². The maximum absolute atomic E-state index is 5.82. The lowest BCUT2D eigenvalue weighted by Crippen LogP contribution is -1.92. The van der Waals surface area contributed by atoms with Crippen LogP contribution in [0.2, 0.25) is 5.02 Å². The van der Waals surface area contributed by atoms with Gasteiger partial charge in [0.15, 0.2) is 0 Å². The van der Waals surface area contributed by atoms with Crippen LogP contribution in [0, 0.1) is 6.92 Å². The Hall–Kier alpha value is -1.73. The van der Waals surface area contributed by atoms with Gasteiger partial charge in [0, 0.05) is 5.02 Å². The Balaban J connectivity index is 1.84. The molecule has 2 aromatic carbocycles. The first-order valence-corrected chi connectivity index (χ1v) is 6.23. The van der Waals surface area contributed by atoms with Crippen molar-refractivity contribution in [3.05, 3.63) is 70.8 Å². The summed E-state index contributed by atoms with van der Waals surface area (Å²) in [4.78, 5) is 0. The lowest BCUT2D eigenvalue weighted by molar-refractivity contribution is 0.363. The second-order valence-corrected chi connectivity index (χ2v) is 4.51. The maximum atomic E-state index is 5.82. The van der Waals surface area contributed by atoms with Gasteiger partial charge in [-0.1, -0.05) is 47.5 Å². The molecule has 0 unspecified atom stereocenters. The van der Waals surface area contributed by atoms with Gasteiger partial charge in [-0.25, -0.2) is 0 Å². The Morgan fingerprint density at radius 1 is 1.00 bits per heavy atom. The summed E-state index contributed by atoms with van der Waals surface area (Å²) >= 11 is 5.82. The van der Waals surface area contributed by atoms with Crippen molar-refractivity contribution in [2.75, 3.05) is 6.61 Å². The van der Waals surface area contributed by atoms with E-state index in [4.69, 9.17) is 16.3 Å². The van der Waals surface area contributed by atoms with Crippen LogP contribution in [-0.4, -0.2) is 6.61 Å². The number of ether oxygens (including phenoxy) is 1. The molecule has 0 amide bonds. The summed E-state index contributed by atoms with van der Waals surface area (Å²) in [7, 11) is 0. The van der Waals surface area contributed by atoms with Crippen LogP contribution in [0.1, 0.15) is 11.1 Å². The highest BCUT2D eigenvalue weighted by molar-refractivity contribution is 6.30. The minimum absolute atomic E-state index is 0.561. The average Bonchev–Trinajstić information content (AvgIpc) is 2.39. The standard InChI is InChI=1S/C16H15ClO/c1-13-4-10-16(11-5-13)18-12-2-3-14-6-8-15(17)9-7-14/h2-11H,12H2,1H3. The van der Waals surface area contributed by atoms with Crippen molar-refractivity contribution < 1.29 is 4.74 Å². The third-order valence-electron chi connectivity index (χ3n) is 2.55. The first-order valence-electron chi connectivity index (χ1n) is 5.85. The summed E-state index contributed by atoms with van der Waals surface area (Å²) in [6, 6.07) is 15.7. The fourth-order valence-electron chi connectivity index (χ4n) is 1.54. The van der Waals surface area contributed by atoms with Gasteiger partial charge in [0.05, 0.1) is 0 Å². The van der Waals surface area contributed by atoms with E-state index >= 15 is 0 Å². The zero-order valence-electron chi connectivity index (χ0n) is 10.3. The predicted octanol–water partition coefficient (Wildman–Crippen LogP) is 4.74. The monoisotopic (exact) mass is 258 g/mol. The molecule has 0 spiro atoms. The summed E-state index contributed by atoms with van der Waals surface area (Å²) < 4.78 is 5.59. The van der Waals surface area contributed by atoms with E-state index in [-0.39, 0.29) is 0 Å². The molecule has 0 saturated carbocycles. The molecule has 92 valence electrons. The lowest BCUT2D eigenvalue weighted by atomic mass is 10.2. The smallest absolute Gasteiger partial charge is 0.119 e. The molecular formula is C16H15ClO. The Labute approximate surface area is 113 Å². The topological polar surface area (TPSA) is 9.23 Å². The molecular weight excluding hydrogens is 244 g/mol. The van der Waals surface area contributed by atoms with Gasteiger partial charge in [-0.3, -0.25) is 0 Å². The van der Waals surface area contributed by atoms with Gasteiger partial charge < -0.3 is 4.74 Å². The van der Waals surface area contributed by atoms with E-state index in [1.54, 1.807) is 0 Å². The highest BCUT2D eigenvalue weighted by Crippen LogP contribution is 2.12. The number of benzene rings is 2.